The van der Waals surface area contributed by atoms with Gasteiger partial charge in [0.15, 0.2) is 10.7 Å². The Labute approximate surface area is 126 Å². The molecule has 0 atom stereocenters. The Kier molecular flexibility index (Phi) is 4.73. The minimum absolute atomic E-state index is 0.190. The van der Waals surface area contributed by atoms with Crippen LogP contribution in [0, 0.1) is 12.8 Å². The highest BCUT2D eigenvalue weighted by Crippen LogP contribution is 2.28. The number of piperidine rings is 1. The lowest BCUT2D eigenvalue weighted by Crippen LogP contribution is -2.38. The van der Waals surface area contributed by atoms with Crippen LogP contribution in [-0.2, 0) is 10.0 Å². The molecule has 0 aliphatic carbocycles. The van der Waals surface area contributed by atoms with Crippen molar-refractivity contribution in [3.05, 3.63) is 17.7 Å². The lowest BCUT2D eigenvalue weighted by molar-refractivity contribution is 0.287. The Morgan fingerprint density at radius 1 is 1.33 bits per heavy atom. The highest BCUT2D eigenvalue weighted by Gasteiger charge is 2.33. The number of sulfonamides is 1. The van der Waals surface area contributed by atoms with Gasteiger partial charge >= 0.3 is 0 Å². The van der Waals surface area contributed by atoms with Gasteiger partial charge in [0, 0.05) is 39.5 Å². The zero-order valence-corrected chi connectivity index (χ0v) is 13.9. The van der Waals surface area contributed by atoms with E-state index in [0.29, 0.717) is 30.5 Å². The second-order valence-electron chi connectivity index (χ2n) is 5.83. The first-order valence-corrected chi connectivity index (χ1v) is 8.57. The van der Waals surface area contributed by atoms with Crippen LogP contribution < -0.4 is 0 Å². The summed E-state index contributed by atoms with van der Waals surface area (Å²) in [5, 5.41) is 3.82. The van der Waals surface area contributed by atoms with Crippen LogP contribution in [0.3, 0.4) is 0 Å². The normalized spacial score (nSPS) is 18.5. The van der Waals surface area contributed by atoms with Crippen molar-refractivity contribution >= 4 is 16.1 Å². The number of hydrogen-bond donors (Lipinski definition) is 0. The fourth-order valence-electron chi connectivity index (χ4n) is 2.37. The first-order valence-electron chi connectivity index (χ1n) is 7.13. The molecule has 1 saturated heterocycles. The summed E-state index contributed by atoms with van der Waals surface area (Å²) in [7, 11) is 0.178. The van der Waals surface area contributed by atoms with Gasteiger partial charge in [0.05, 0.1) is 0 Å². The second-order valence-corrected chi connectivity index (χ2v) is 7.70. The van der Waals surface area contributed by atoms with E-state index in [-0.39, 0.29) is 4.90 Å². The summed E-state index contributed by atoms with van der Waals surface area (Å²) in [5.41, 5.74) is 0.409. The van der Waals surface area contributed by atoms with Crippen molar-refractivity contribution < 1.29 is 12.9 Å². The van der Waals surface area contributed by atoms with E-state index < -0.39 is 10.0 Å². The minimum Gasteiger partial charge on any atom is -0.383 e. The van der Waals surface area contributed by atoms with Gasteiger partial charge in [0.2, 0.25) is 10.0 Å². The van der Waals surface area contributed by atoms with Crippen LogP contribution in [0.1, 0.15) is 31.2 Å². The Balaban J connectivity index is 2.34. The summed E-state index contributed by atoms with van der Waals surface area (Å²) in [4.78, 5) is 2.01. The highest BCUT2D eigenvalue weighted by molar-refractivity contribution is 7.89. The van der Waals surface area contributed by atoms with E-state index in [1.165, 1.54) is 0 Å². The van der Waals surface area contributed by atoms with E-state index >= 15 is 0 Å². The first-order chi connectivity index (χ1) is 9.82. The number of aryl methyl sites for hydroxylation is 1. The van der Waals surface area contributed by atoms with Crippen LogP contribution in [0.25, 0.3) is 6.08 Å². The molecule has 0 spiro atoms. The molecular weight excluding hydrogens is 290 g/mol. The quantitative estimate of drug-likeness (QED) is 0.850. The SMILES string of the molecule is Cc1noc(C=CN(C)C)c1S(=O)(=O)N1CCC(C)CC1. The van der Waals surface area contributed by atoms with Gasteiger partial charge in [-0.25, -0.2) is 8.42 Å². The molecule has 6 nitrogen and oxygen atoms in total. The molecule has 7 heteroatoms. The van der Waals surface area contributed by atoms with E-state index in [1.807, 2.05) is 19.0 Å². The molecule has 0 radical (unpaired) electrons. The maximum Gasteiger partial charge on any atom is 0.248 e. The van der Waals surface area contributed by atoms with E-state index in [0.717, 1.165) is 12.8 Å². The molecule has 0 aromatic carbocycles. The molecule has 0 amide bonds. The van der Waals surface area contributed by atoms with E-state index in [9.17, 15) is 8.42 Å². The zero-order chi connectivity index (χ0) is 15.6. The Hall–Kier alpha value is -1.34. The van der Waals surface area contributed by atoms with Gasteiger partial charge in [-0.15, -0.1) is 0 Å². The molecule has 1 aliphatic rings. The number of nitrogens with zero attached hydrogens (tertiary/aromatic N) is 3. The Morgan fingerprint density at radius 3 is 2.52 bits per heavy atom. The van der Waals surface area contributed by atoms with Gasteiger partial charge in [0.1, 0.15) is 5.69 Å². The minimum atomic E-state index is -3.54. The van der Waals surface area contributed by atoms with Crippen LogP contribution in [0.2, 0.25) is 0 Å². The number of aromatic nitrogens is 1. The van der Waals surface area contributed by atoms with Crippen molar-refractivity contribution in [1.82, 2.24) is 14.4 Å². The van der Waals surface area contributed by atoms with Crippen molar-refractivity contribution in [1.29, 1.82) is 0 Å². The predicted octanol–water partition coefficient (Wildman–Crippen LogP) is 1.94. The predicted molar refractivity (Wildman–Crippen MR) is 81.1 cm³/mol. The van der Waals surface area contributed by atoms with Gasteiger partial charge in [-0.3, -0.25) is 0 Å². The van der Waals surface area contributed by atoms with E-state index in [1.54, 1.807) is 23.5 Å². The van der Waals surface area contributed by atoms with Gasteiger partial charge in [-0.1, -0.05) is 12.1 Å². The summed E-state index contributed by atoms with van der Waals surface area (Å²) in [6, 6.07) is 0. The largest absolute Gasteiger partial charge is 0.383 e. The average Bonchev–Trinajstić information content (AvgIpc) is 2.78. The lowest BCUT2D eigenvalue weighted by atomic mass is 10.0. The molecule has 1 fully saturated rings. The third kappa shape index (κ3) is 3.47. The molecule has 2 rings (SSSR count). The zero-order valence-electron chi connectivity index (χ0n) is 13.0. The van der Waals surface area contributed by atoms with Crippen molar-refractivity contribution in [2.24, 2.45) is 5.92 Å². The molecule has 1 aromatic rings. The molecule has 21 heavy (non-hydrogen) atoms. The summed E-state index contributed by atoms with van der Waals surface area (Å²) >= 11 is 0. The van der Waals surface area contributed by atoms with Gasteiger partial charge in [-0.05, 0) is 25.7 Å². The fraction of sp³-hybridized carbons (Fsp3) is 0.643. The van der Waals surface area contributed by atoms with E-state index in [4.69, 9.17) is 4.52 Å². The van der Waals surface area contributed by atoms with Gasteiger partial charge < -0.3 is 9.42 Å². The number of hydrogen-bond acceptors (Lipinski definition) is 5. The maximum atomic E-state index is 12.8. The summed E-state index contributed by atoms with van der Waals surface area (Å²) in [5.74, 6) is 0.868. The molecule has 0 unspecified atom stereocenters. The maximum absolute atomic E-state index is 12.8. The van der Waals surface area contributed by atoms with Crippen LogP contribution in [0.15, 0.2) is 15.6 Å². The third-order valence-corrected chi connectivity index (χ3v) is 5.76. The van der Waals surface area contributed by atoms with Crippen LogP contribution in [0.4, 0.5) is 0 Å². The third-order valence-electron chi connectivity index (χ3n) is 3.70. The molecule has 2 heterocycles. The molecule has 1 aromatic heterocycles. The fourth-order valence-corrected chi connectivity index (χ4v) is 4.09. The van der Waals surface area contributed by atoms with E-state index in [2.05, 4.69) is 12.1 Å². The van der Waals surface area contributed by atoms with Gasteiger partial charge in [-0.2, -0.15) is 4.31 Å². The van der Waals surface area contributed by atoms with Crippen LogP contribution >= 0.6 is 0 Å². The monoisotopic (exact) mass is 313 g/mol. The average molecular weight is 313 g/mol. The Morgan fingerprint density at radius 2 is 1.95 bits per heavy atom. The Bertz CT molecular complexity index is 611. The van der Waals surface area contributed by atoms with Crippen molar-refractivity contribution in [3.63, 3.8) is 0 Å². The van der Waals surface area contributed by atoms with Crippen molar-refractivity contribution in [2.45, 2.75) is 31.6 Å². The molecule has 0 N–H and O–H groups in total. The highest BCUT2D eigenvalue weighted by atomic mass is 32.2. The summed E-state index contributed by atoms with van der Waals surface area (Å²) in [6.45, 7) is 4.94. The van der Waals surface area contributed by atoms with Crippen LogP contribution in [-0.4, -0.2) is 50.0 Å². The number of rotatable bonds is 4. The van der Waals surface area contributed by atoms with Crippen LogP contribution in [0.5, 0.6) is 0 Å². The lowest BCUT2D eigenvalue weighted by Gasteiger charge is -2.29. The topological polar surface area (TPSA) is 66.7 Å². The molecule has 1 aliphatic heterocycles. The summed E-state index contributed by atoms with van der Waals surface area (Å²) < 4.78 is 32.4. The second kappa shape index (κ2) is 6.19. The van der Waals surface area contributed by atoms with Crippen molar-refractivity contribution in [2.75, 3.05) is 27.2 Å². The standard InChI is InChI=1S/C14H23N3O3S/c1-11-5-9-17(10-6-11)21(18,19)14-12(2)15-20-13(14)7-8-16(3)4/h7-8,11H,5-6,9-10H2,1-4H3. The first kappa shape index (κ1) is 16.0. The smallest absolute Gasteiger partial charge is 0.248 e. The molecular formula is C14H23N3O3S. The molecule has 118 valence electrons. The van der Waals surface area contributed by atoms with Crippen molar-refractivity contribution in [3.8, 4) is 0 Å². The summed E-state index contributed by atoms with van der Waals surface area (Å²) in [6.07, 6.45) is 5.18. The van der Waals surface area contributed by atoms with Gasteiger partial charge in [0.25, 0.3) is 0 Å². The molecule has 0 bridgehead atoms. The molecule has 0 saturated carbocycles.